The molecule has 3 rings (SSSR count). The maximum Gasteiger partial charge on any atom is 0.180 e. The van der Waals surface area contributed by atoms with Gasteiger partial charge in [0, 0.05) is 12.4 Å². The molecule has 0 radical (unpaired) electrons. The van der Waals surface area contributed by atoms with Gasteiger partial charge in [0.1, 0.15) is 5.82 Å². The highest BCUT2D eigenvalue weighted by molar-refractivity contribution is 5.73. The van der Waals surface area contributed by atoms with Crippen molar-refractivity contribution in [2.45, 2.75) is 6.92 Å². The molecule has 2 aromatic heterocycles. The Labute approximate surface area is 114 Å². The van der Waals surface area contributed by atoms with Gasteiger partial charge in [0.15, 0.2) is 17.3 Å². The SMILES string of the molecule is Cc1cccc(F)c1Nc1nc(NN)cn2ccnc12. The standard InChI is InChI=1S/C13H13FN6/c1-8-3-2-4-9(14)11(8)18-12-13-16-5-6-20(13)7-10(17-12)19-15/h2-7,19H,15H2,1H3,(H,17,18). The molecule has 0 aliphatic heterocycles. The van der Waals surface area contributed by atoms with E-state index in [2.05, 4.69) is 20.7 Å². The van der Waals surface area contributed by atoms with Crippen LogP contribution in [0.3, 0.4) is 0 Å². The fraction of sp³-hybridized carbons (Fsp3) is 0.0769. The fourth-order valence-corrected chi connectivity index (χ4v) is 1.99. The number of benzene rings is 1. The smallest absolute Gasteiger partial charge is 0.180 e. The Morgan fingerprint density at radius 3 is 2.95 bits per heavy atom. The van der Waals surface area contributed by atoms with Crippen molar-refractivity contribution in [3.05, 3.63) is 48.2 Å². The minimum Gasteiger partial charge on any atom is -0.334 e. The zero-order valence-corrected chi connectivity index (χ0v) is 10.8. The van der Waals surface area contributed by atoms with E-state index in [4.69, 9.17) is 5.84 Å². The number of aromatic nitrogens is 3. The maximum absolute atomic E-state index is 13.9. The van der Waals surface area contributed by atoms with Crippen molar-refractivity contribution < 1.29 is 4.39 Å². The monoisotopic (exact) mass is 272 g/mol. The lowest BCUT2D eigenvalue weighted by Crippen LogP contribution is -2.11. The molecule has 0 aliphatic rings. The van der Waals surface area contributed by atoms with Crippen molar-refractivity contribution in [2.24, 2.45) is 5.84 Å². The summed E-state index contributed by atoms with van der Waals surface area (Å²) in [5.74, 6) is 5.92. The van der Waals surface area contributed by atoms with E-state index in [0.717, 1.165) is 5.56 Å². The molecule has 0 bridgehead atoms. The quantitative estimate of drug-likeness (QED) is 0.503. The van der Waals surface area contributed by atoms with E-state index >= 15 is 0 Å². The summed E-state index contributed by atoms with van der Waals surface area (Å²) in [5.41, 5.74) is 4.21. The second kappa shape index (κ2) is 4.78. The van der Waals surface area contributed by atoms with Crippen LogP contribution in [0.1, 0.15) is 5.56 Å². The Balaban J connectivity index is 2.12. The molecule has 102 valence electrons. The number of para-hydroxylation sites is 1. The predicted molar refractivity (Wildman–Crippen MR) is 75.2 cm³/mol. The van der Waals surface area contributed by atoms with Crippen LogP contribution in [0.15, 0.2) is 36.8 Å². The molecular formula is C13H13FN6. The van der Waals surface area contributed by atoms with E-state index in [1.807, 2.05) is 13.0 Å². The van der Waals surface area contributed by atoms with Gasteiger partial charge in [0.05, 0.1) is 11.9 Å². The third kappa shape index (κ3) is 2.04. The van der Waals surface area contributed by atoms with Crippen molar-refractivity contribution in [1.29, 1.82) is 0 Å². The molecule has 20 heavy (non-hydrogen) atoms. The van der Waals surface area contributed by atoms with Gasteiger partial charge in [-0.3, -0.25) is 0 Å². The van der Waals surface area contributed by atoms with Crippen molar-refractivity contribution in [2.75, 3.05) is 10.7 Å². The van der Waals surface area contributed by atoms with Crippen LogP contribution in [-0.4, -0.2) is 14.4 Å². The van der Waals surface area contributed by atoms with Crippen LogP contribution in [-0.2, 0) is 0 Å². The number of nitrogen functional groups attached to an aromatic ring is 1. The molecule has 0 fully saturated rings. The number of hydrogen-bond donors (Lipinski definition) is 3. The molecule has 7 heteroatoms. The van der Waals surface area contributed by atoms with Crippen LogP contribution in [0.2, 0.25) is 0 Å². The first-order valence-electron chi connectivity index (χ1n) is 6.01. The molecule has 0 amide bonds. The minimum absolute atomic E-state index is 0.345. The van der Waals surface area contributed by atoms with E-state index in [-0.39, 0.29) is 5.82 Å². The average Bonchev–Trinajstić information content (AvgIpc) is 2.91. The molecule has 0 unspecified atom stereocenters. The predicted octanol–water partition coefficient (Wildman–Crippen LogP) is 2.21. The highest BCUT2D eigenvalue weighted by Crippen LogP contribution is 2.25. The highest BCUT2D eigenvalue weighted by atomic mass is 19.1. The summed E-state index contributed by atoms with van der Waals surface area (Å²) in [6.45, 7) is 1.82. The zero-order valence-electron chi connectivity index (χ0n) is 10.8. The van der Waals surface area contributed by atoms with Crippen LogP contribution >= 0.6 is 0 Å². The Hall–Kier alpha value is -2.67. The van der Waals surface area contributed by atoms with Gasteiger partial charge < -0.3 is 15.1 Å². The second-order valence-electron chi connectivity index (χ2n) is 4.33. The fourth-order valence-electron chi connectivity index (χ4n) is 1.99. The Kier molecular flexibility index (Phi) is 2.96. The normalized spacial score (nSPS) is 10.8. The van der Waals surface area contributed by atoms with Crippen molar-refractivity contribution in [3.8, 4) is 0 Å². The number of fused-ring (bicyclic) bond motifs is 1. The molecule has 4 N–H and O–H groups in total. The van der Waals surface area contributed by atoms with Crippen LogP contribution < -0.4 is 16.6 Å². The van der Waals surface area contributed by atoms with Gasteiger partial charge in [-0.2, -0.15) is 0 Å². The summed E-state index contributed by atoms with van der Waals surface area (Å²) in [6.07, 6.45) is 5.09. The molecule has 6 nitrogen and oxygen atoms in total. The Bertz CT molecular complexity index is 746. The van der Waals surface area contributed by atoms with Gasteiger partial charge in [-0.05, 0) is 18.6 Å². The van der Waals surface area contributed by atoms with Gasteiger partial charge in [-0.15, -0.1) is 0 Å². The Morgan fingerprint density at radius 2 is 2.20 bits per heavy atom. The van der Waals surface area contributed by atoms with E-state index < -0.39 is 0 Å². The summed E-state index contributed by atoms with van der Waals surface area (Å²) < 4.78 is 15.6. The van der Waals surface area contributed by atoms with Crippen molar-refractivity contribution >= 4 is 23.0 Å². The first-order chi connectivity index (χ1) is 9.69. The number of nitrogens with one attached hydrogen (secondary N) is 2. The first kappa shape index (κ1) is 12.4. The number of nitrogens with zero attached hydrogens (tertiary/aromatic N) is 3. The van der Waals surface area contributed by atoms with Gasteiger partial charge in [0.2, 0.25) is 0 Å². The number of hydrogen-bond acceptors (Lipinski definition) is 5. The molecular weight excluding hydrogens is 259 g/mol. The van der Waals surface area contributed by atoms with Crippen LogP contribution in [0.25, 0.3) is 5.65 Å². The Morgan fingerprint density at radius 1 is 1.35 bits per heavy atom. The molecule has 0 saturated heterocycles. The average molecular weight is 272 g/mol. The third-order valence-corrected chi connectivity index (χ3v) is 2.99. The number of anilines is 3. The van der Waals surface area contributed by atoms with Crippen LogP contribution in [0, 0.1) is 12.7 Å². The maximum atomic E-state index is 13.9. The number of rotatable bonds is 3. The molecule has 0 saturated carbocycles. The second-order valence-corrected chi connectivity index (χ2v) is 4.33. The summed E-state index contributed by atoms with van der Waals surface area (Å²) in [4.78, 5) is 8.47. The van der Waals surface area contributed by atoms with Crippen LogP contribution in [0.4, 0.5) is 21.7 Å². The van der Waals surface area contributed by atoms with E-state index in [1.165, 1.54) is 6.07 Å². The largest absolute Gasteiger partial charge is 0.334 e. The molecule has 0 spiro atoms. The number of aryl methyl sites for hydroxylation is 1. The zero-order chi connectivity index (χ0) is 14.1. The van der Waals surface area contributed by atoms with Crippen molar-refractivity contribution in [3.63, 3.8) is 0 Å². The van der Waals surface area contributed by atoms with Gasteiger partial charge in [-0.1, -0.05) is 12.1 Å². The van der Waals surface area contributed by atoms with E-state index in [9.17, 15) is 4.39 Å². The molecule has 1 aromatic carbocycles. The lowest BCUT2D eigenvalue weighted by Gasteiger charge is -2.12. The van der Waals surface area contributed by atoms with Crippen molar-refractivity contribution in [1.82, 2.24) is 14.4 Å². The number of nitrogens with two attached hydrogens (primary N) is 1. The summed E-state index contributed by atoms with van der Waals surface area (Å²) >= 11 is 0. The highest BCUT2D eigenvalue weighted by Gasteiger charge is 2.11. The third-order valence-electron chi connectivity index (χ3n) is 2.99. The van der Waals surface area contributed by atoms with Gasteiger partial charge >= 0.3 is 0 Å². The van der Waals surface area contributed by atoms with E-state index in [1.54, 1.807) is 29.1 Å². The lowest BCUT2D eigenvalue weighted by molar-refractivity contribution is 0.631. The minimum atomic E-state index is -0.345. The summed E-state index contributed by atoms with van der Waals surface area (Å²) in [7, 11) is 0. The number of imidazole rings is 1. The topological polar surface area (TPSA) is 80.3 Å². The summed E-state index contributed by atoms with van der Waals surface area (Å²) in [5, 5.41) is 2.98. The van der Waals surface area contributed by atoms with Gasteiger partial charge in [-0.25, -0.2) is 20.2 Å². The first-order valence-corrected chi connectivity index (χ1v) is 6.01. The summed E-state index contributed by atoms with van der Waals surface area (Å²) in [6, 6.07) is 4.87. The van der Waals surface area contributed by atoms with Gasteiger partial charge in [0.25, 0.3) is 0 Å². The number of halogens is 1. The molecule has 3 aromatic rings. The van der Waals surface area contributed by atoms with Crippen LogP contribution in [0.5, 0.6) is 0 Å². The molecule has 0 atom stereocenters. The lowest BCUT2D eigenvalue weighted by atomic mass is 10.2. The number of hydrazine groups is 1. The molecule has 2 heterocycles. The van der Waals surface area contributed by atoms with E-state index in [0.29, 0.717) is 23.0 Å². The molecule has 0 aliphatic carbocycles.